The Morgan fingerprint density at radius 2 is 1.33 bits per heavy atom. The zero-order chi connectivity index (χ0) is 8.86. The van der Waals surface area contributed by atoms with E-state index in [0.717, 1.165) is 5.41 Å². The van der Waals surface area contributed by atoms with Crippen molar-refractivity contribution in [2.24, 2.45) is 5.41 Å². The van der Waals surface area contributed by atoms with Crippen molar-refractivity contribution in [3.63, 3.8) is 0 Å². The highest BCUT2D eigenvalue weighted by molar-refractivity contribution is 4.81. The van der Waals surface area contributed by atoms with E-state index < -0.39 is 0 Å². The summed E-state index contributed by atoms with van der Waals surface area (Å²) >= 11 is 0. The van der Waals surface area contributed by atoms with Gasteiger partial charge in [0.25, 0.3) is 0 Å². The largest absolute Gasteiger partial charge is 0.0654 e. The van der Waals surface area contributed by atoms with E-state index in [-0.39, 0.29) is 0 Å². The highest BCUT2D eigenvalue weighted by Crippen LogP contribution is 2.43. The van der Waals surface area contributed by atoms with Crippen LogP contribution in [-0.4, -0.2) is 0 Å². The van der Waals surface area contributed by atoms with E-state index in [2.05, 4.69) is 13.8 Å². The predicted molar refractivity (Wildman–Crippen MR) is 55.3 cm³/mol. The second kappa shape index (κ2) is 4.89. The monoisotopic (exact) mass is 168 g/mol. The van der Waals surface area contributed by atoms with Gasteiger partial charge in [-0.15, -0.1) is 0 Å². The van der Waals surface area contributed by atoms with Crippen LogP contribution in [0.3, 0.4) is 0 Å². The van der Waals surface area contributed by atoms with Crippen molar-refractivity contribution in [2.75, 3.05) is 0 Å². The first-order chi connectivity index (χ1) is 5.83. The first kappa shape index (κ1) is 10.1. The van der Waals surface area contributed by atoms with Crippen LogP contribution >= 0.6 is 0 Å². The maximum absolute atomic E-state index is 2.34. The normalized spacial score (nSPS) is 22.5. The molecule has 0 spiro atoms. The van der Waals surface area contributed by atoms with Crippen LogP contribution < -0.4 is 0 Å². The van der Waals surface area contributed by atoms with Gasteiger partial charge in [0.15, 0.2) is 0 Å². The summed E-state index contributed by atoms with van der Waals surface area (Å²) in [7, 11) is 0. The van der Waals surface area contributed by atoms with Crippen molar-refractivity contribution >= 4 is 0 Å². The number of rotatable bonds is 4. The number of hydrogen-bond donors (Lipinski definition) is 0. The van der Waals surface area contributed by atoms with Crippen LogP contribution in [0.5, 0.6) is 0 Å². The van der Waals surface area contributed by atoms with Gasteiger partial charge in [0.05, 0.1) is 0 Å². The summed E-state index contributed by atoms with van der Waals surface area (Å²) in [5, 5.41) is 0. The van der Waals surface area contributed by atoms with Crippen LogP contribution in [0.4, 0.5) is 0 Å². The van der Waals surface area contributed by atoms with Crippen molar-refractivity contribution < 1.29 is 0 Å². The van der Waals surface area contributed by atoms with E-state index in [0.29, 0.717) is 0 Å². The molecule has 1 fully saturated rings. The summed E-state index contributed by atoms with van der Waals surface area (Å²) in [6, 6.07) is 0. The Morgan fingerprint density at radius 1 is 0.833 bits per heavy atom. The molecule has 0 radical (unpaired) electrons. The Hall–Kier alpha value is 0. The molecule has 0 heteroatoms. The smallest absolute Gasteiger partial charge is 0.0298 e. The van der Waals surface area contributed by atoms with Crippen molar-refractivity contribution in [3.8, 4) is 0 Å². The molecule has 0 unspecified atom stereocenters. The fraction of sp³-hybridized carbons (Fsp3) is 1.00. The zero-order valence-electron chi connectivity index (χ0n) is 8.86. The van der Waals surface area contributed by atoms with Crippen LogP contribution in [0.15, 0.2) is 0 Å². The molecule has 0 atom stereocenters. The maximum Gasteiger partial charge on any atom is -0.0298 e. The van der Waals surface area contributed by atoms with E-state index in [9.17, 15) is 0 Å². The second-order valence-electron chi connectivity index (χ2n) is 4.56. The molecule has 0 aromatic heterocycles. The molecule has 0 aromatic carbocycles. The summed E-state index contributed by atoms with van der Waals surface area (Å²) in [6.45, 7) is 4.68. The third-order valence-electron chi connectivity index (χ3n) is 3.47. The van der Waals surface area contributed by atoms with Crippen LogP contribution in [0.2, 0.25) is 0 Å². The van der Waals surface area contributed by atoms with Gasteiger partial charge in [0.1, 0.15) is 0 Å². The predicted octanol–water partition coefficient (Wildman–Crippen LogP) is 4.54. The molecular formula is C12H24. The van der Waals surface area contributed by atoms with Gasteiger partial charge in [-0.3, -0.25) is 0 Å². The van der Waals surface area contributed by atoms with Crippen molar-refractivity contribution in [3.05, 3.63) is 0 Å². The average molecular weight is 168 g/mol. The fourth-order valence-corrected chi connectivity index (χ4v) is 2.99. The van der Waals surface area contributed by atoms with Crippen LogP contribution in [0, 0.1) is 5.41 Å². The summed E-state index contributed by atoms with van der Waals surface area (Å²) in [6.07, 6.45) is 13.3. The summed E-state index contributed by atoms with van der Waals surface area (Å²) in [5.41, 5.74) is 0.780. The molecule has 0 aliphatic heterocycles. The highest BCUT2D eigenvalue weighted by atomic mass is 14.3. The molecule has 0 N–H and O–H groups in total. The SMILES string of the molecule is CCCC1(CCC)CCCCC1. The number of hydrogen-bond acceptors (Lipinski definition) is 0. The molecule has 0 heterocycles. The molecular weight excluding hydrogens is 144 g/mol. The first-order valence-electron chi connectivity index (χ1n) is 5.83. The van der Waals surface area contributed by atoms with E-state index in [1.165, 1.54) is 57.8 Å². The minimum absolute atomic E-state index is 0.780. The first-order valence-corrected chi connectivity index (χ1v) is 5.83. The Bertz CT molecular complexity index is 93.7. The van der Waals surface area contributed by atoms with Crippen molar-refractivity contribution in [1.82, 2.24) is 0 Å². The summed E-state index contributed by atoms with van der Waals surface area (Å²) < 4.78 is 0. The molecule has 1 saturated carbocycles. The Labute approximate surface area is 77.7 Å². The molecule has 0 amide bonds. The third kappa shape index (κ3) is 2.50. The quantitative estimate of drug-likeness (QED) is 0.578. The van der Waals surface area contributed by atoms with Crippen LogP contribution in [0.1, 0.15) is 71.6 Å². The molecule has 12 heavy (non-hydrogen) atoms. The minimum atomic E-state index is 0.780. The van der Waals surface area contributed by atoms with E-state index in [1.807, 2.05) is 0 Å². The van der Waals surface area contributed by atoms with Gasteiger partial charge >= 0.3 is 0 Å². The molecule has 0 bridgehead atoms. The summed E-state index contributed by atoms with van der Waals surface area (Å²) in [4.78, 5) is 0. The fourth-order valence-electron chi connectivity index (χ4n) is 2.99. The molecule has 0 aromatic rings. The Morgan fingerprint density at radius 3 is 1.75 bits per heavy atom. The molecule has 0 nitrogen and oxygen atoms in total. The van der Waals surface area contributed by atoms with E-state index in [4.69, 9.17) is 0 Å². The lowest BCUT2D eigenvalue weighted by Crippen LogP contribution is -2.23. The van der Waals surface area contributed by atoms with Gasteiger partial charge in [-0.2, -0.15) is 0 Å². The summed E-state index contributed by atoms with van der Waals surface area (Å²) in [5.74, 6) is 0. The topological polar surface area (TPSA) is 0 Å². The maximum atomic E-state index is 2.34. The molecule has 1 aliphatic rings. The van der Waals surface area contributed by atoms with Gasteiger partial charge in [0, 0.05) is 0 Å². The Kier molecular flexibility index (Phi) is 4.11. The van der Waals surface area contributed by atoms with Gasteiger partial charge in [-0.1, -0.05) is 46.0 Å². The third-order valence-corrected chi connectivity index (χ3v) is 3.47. The van der Waals surface area contributed by atoms with Gasteiger partial charge in [-0.05, 0) is 31.1 Å². The zero-order valence-corrected chi connectivity index (χ0v) is 8.86. The van der Waals surface area contributed by atoms with E-state index >= 15 is 0 Å². The Balaban J connectivity index is 2.44. The van der Waals surface area contributed by atoms with Crippen molar-refractivity contribution in [1.29, 1.82) is 0 Å². The highest BCUT2D eigenvalue weighted by Gasteiger charge is 2.29. The average Bonchev–Trinajstić information content (AvgIpc) is 2.07. The second-order valence-corrected chi connectivity index (χ2v) is 4.56. The van der Waals surface area contributed by atoms with Gasteiger partial charge in [-0.25, -0.2) is 0 Å². The molecule has 1 rings (SSSR count). The lowest BCUT2D eigenvalue weighted by atomic mass is 9.69. The van der Waals surface area contributed by atoms with Gasteiger partial charge in [0.2, 0.25) is 0 Å². The molecule has 0 saturated heterocycles. The van der Waals surface area contributed by atoms with E-state index in [1.54, 1.807) is 0 Å². The lowest BCUT2D eigenvalue weighted by Gasteiger charge is -2.37. The molecule has 72 valence electrons. The van der Waals surface area contributed by atoms with Gasteiger partial charge < -0.3 is 0 Å². The molecule has 1 aliphatic carbocycles. The standard InChI is InChI=1S/C12H24/c1-3-8-12(9-4-2)10-6-5-7-11-12/h3-11H2,1-2H3. The van der Waals surface area contributed by atoms with Crippen LogP contribution in [-0.2, 0) is 0 Å². The van der Waals surface area contributed by atoms with Crippen LogP contribution in [0.25, 0.3) is 0 Å². The van der Waals surface area contributed by atoms with Crippen molar-refractivity contribution in [2.45, 2.75) is 71.6 Å². The minimum Gasteiger partial charge on any atom is -0.0654 e. The lowest BCUT2D eigenvalue weighted by molar-refractivity contribution is 0.154.